The molecule has 102 valence electrons. The quantitative estimate of drug-likeness (QED) is 0.888. The van der Waals surface area contributed by atoms with Gasteiger partial charge in [-0.15, -0.1) is 0 Å². The zero-order valence-corrected chi connectivity index (χ0v) is 12.3. The molecule has 2 nitrogen and oxygen atoms in total. The van der Waals surface area contributed by atoms with Crippen LogP contribution in [0.5, 0.6) is 0 Å². The average Bonchev–Trinajstić information content (AvgIpc) is 2.25. The second-order valence-corrected chi connectivity index (χ2v) is 6.14. The maximum atomic E-state index is 13.3. The summed E-state index contributed by atoms with van der Waals surface area (Å²) in [5.41, 5.74) is 7.95. The molecule has 0 aliphatic heterocycles. The molecule has 0 saturated carbocycles. The first-order chi connectivity index (χ1) is 8.14. The Balaban J connectivity index is 3.17. The minimum Gasteiger partial charge on any atom is -0.371 e. The fourth-order valence-electron chi connectivity index (χ4n) is 2.00. The van der Waals surface area contributed by atoms with Crippen LogP contribution >= 0.6 is 0 Å². The van der Waals surface area contributed by atoms with Crippen LogP contribution in [-0.2, 0) is 0 Å². The summed E-state index contributed by atoms with van der Waals surface area (Å²) >= 11 is 0. The van der Waals surface area contributed by atoms with E-state index < -0.39 is 0 Å². The van der Waals surface area contributed by atoms with Crippen LogP contribution in [0.2, 0.25) is 0 Å². The Bertz CT molecular complexity index is 407. The summed E-state index contributed by atoms with van der Waals surface area (Å²) in [5.74, 6) is -0.233. The molecule has 2 N–H and O–H groups in total. The van der Waals surface area contributed by atoms with Gasteiger partial charge in [-0.2, -0.15) is 0 Å². The normalized spacial score (nSPS) is 15.3. The Labute approximate surface area is 110 Å². The van der Waals surface area contributed by atoms with Crippen molar-refractivity contribution < 1.29 is 4.39 Å². The summed E-state index contributed by atoms with van der Waals surface area (Å²) in [5, 5.41) is 0. The molecule has 0 saturated heterocycles. The first-order valence-electron chi connectivity index (χ1n) is 6.42. The van der Waals surface area contributed by atoms with E-state index >= 15 is 0 Å². The monoisotopic (exact) mass is 252 g/mol. The Morgan fingerprint density at radius 2 is 1.78 bits per heavy atom. The van der Waals surface area contributed by atoms with Crippen LogP contribution in [0.3, 0.4) is 0 Å². The third-order valence-corrected chi connectivity index (χ3v) is 3.69. The van der Waals surface area contributed by atoms with Crippen molar-refractivity contribution in [2.24, 2.45) is 11.1 Å². The zero-order chi connectivity index (χ0) is 14.1. The summed E-state index contributed by atoms with van der Waals surface area (Å²) in [6.07, 6.45) is 0. The van der Waals surface area contributed by atoms with Gasteiger partial charge in [0.15, 0.2) is 0 Å². The van der Waals surface area contributed by atoms with Gasteiger partial charge in [-0.25, -0.2) is 4.39 Å². The third kappa shape index (κ3) is 3.22. The third-order valence-electron chi connectivity index (χ3n) is 3.69. The predicted octanol–water partition coefficient (Wildman–Crippen LogP) is 3.72. The first kappa shape index (κ1) is 15.0. The molecule has 0 aliphatic carbocycles. The summed E-state index contributed by atoms with van der Waals surface area (Å²) < 4.78 is 13.3. The van der Waals surface area contributed by atoms with Gasteiger partial charge in [-0.05, 0) is 43.0 Å². The van der Waals surface area contributed by atoms with Crippen LogP contribution in [-0.4, -0.2) is 13.1 Å². The van der Waals surface area contributed by atoms with Gasteiger partial charge in [-0.3, -0.25) is 0 Å². The molecule has 0 radical (unpaired) electrons. The molecular weight excluding hydrogens is 227 g/mol. The van der Waals surface area contributed by atoms with Gasteiger partial charge < -0.3 is 10.6 Å². The minimum absolute atomic E-state index is 0.151. The van der Waals surface area contributed by atoms with Gasteiger partial charge in [0.05, 0.1) is 0 Å². The second kappa shape index (κ2) is 5.27. The molecule has 0 fully saturated rings. The van der Waals surface area contributed by atoms with Crippen LogP contribution in [0.1, 0.15) is 46.2 Å². The topological polar surface area (TPSA) is 29.3 Å². The lowest BCUT2D eigenvalue weighted by atomic mass is 9.86. The van der Waals surface area contributed by atoms with Gasteiger partial charge in [-0.1, -0.05) is 20.8 Å². The van der Waals surface area contributed by atoms with Crippen molar-refractivity contribution in [3.05, 3.63) is 29.6 Å². The maximum absolute atomic E-state index is 13.3. The average molecular weight is 252 g/mol. The second-order valence-electron chi connectivity index (χ2n) is 6.14. The van der Waals surface area contributed by atoms with Crippen LogP contribution in [0.15, 0.2) is 18.2 Å². The number of nitrogens with two attached hydrogens (primary N) is 1. The summed E-state index contributed by atoms with van der Waals surface area (Å²) in [4.78, 5) is 2.18. The zero-order valence-electron chi connectivity index (χ0n) is 12.3. The van der Waals surface area contributed by atoms with E-state index in [0.29, 0.717) is 6.04 Å². The summed E-state index contributed by atoms with van der Waals surface area (Å²) in [6.45, 7) is 10.7. The highest BCUT2D eigenvalue weighted by Gasteiger charge is 2.25. The van der Waals surface area contributed by atoms with Crippen LogP contribution in [0.4, 0.5) is 10.1 Å². The van der Waals surface area contributed by atoms with E-state index in [1.54, 1.807) is 0 Å². The molecule has 1 unspecified atom stereocenters. The van der Waals surface area contributed by atoms with Gasteiger partial charge >= 0.3 is 0 Å². The first-order valence-corrected chi connectivity index (χ1v) is 6.42. The highest BCUT2D eigenvalue weighted by atomic mass is 19.1. The Morgan fingerprint density at radius 3 is 2.22 bits per heavy atom. The molecule has 0 amide bonds. The molecule has 1 rings (SSSR count). The van der Waals surface area contributed by atoms with Crippen LogP contribution < -0.4 is 10.6 Å². The van der Waals surface area contributed by atoms with E-state index in [2.05, 4.69) is 32.6 Å². The lowest BCUT2D eigenvalue weighted by molar-refractivity contribution is 0.329. The number of anilines is 1. The number of nitrogens with zero attached hydrogens (tertiary/aromatic N) is 1. The molecule has 1 aromatic carbocycles. The number of hydrogen-bond acceptors (Lipinski definition) is 2. The van der Waals surface area contributed by atoms with Gasteiger partial charge in [0.25, 0.3) is 0 Å². The largest absolute Gasteiger partial charge is 0.371 e. The van der Waals surface area contributed by atoms with Crippen LogP contribution in [0, 0.1) is 11.2 Å². The van der Waals surface area contributed by atoms with Crippen molar-refractivity contribution in [2.45, 2.75) is 46.7 Å². The van der Waals surface area contributed by atoms with Crippen molar-refractivity contribution in [2.75, 3.05) is 11.9 Å². The van der Waals surface area contributed by atoms with Crippen molar-refractivity contribution in [1.82, 2.24) is 0 Å². The molecule has 0 aliphatic rings. The lowest BCUT2D eigenvalue weighted by Crippen LogP contribution is -2.40. The van der Waals surface area contributed by atoms with E-state index in [1.165, 1.54) is 12.1 Å². The highest BCUT2D eigenvalue weighted by molar-refractivity contribution is 5.55. The number of benzene rings is 1. The smallest absolute Gasteiger partial charge is 0.123 e. The van der Waals surface area contributed by atoms with Gasteiger partial charge in [0.1, 0.15) is 5.82 Å². The lowest BCUT2D eigenvalue weighted by Gasteiger charge is -2.38. The Kier molecular flexibility index (Phi) is 4.38. The molecular formula is C15H25FN2. The van der Waals surface area contributed by atoms with Gasteiger partial charge in [0.2, 0.25) is 0 Å². The molecule has 0 heterocycles. The number of halogens is 1. The van der Waals surface area contributed by atoms with E-state index in [4.69, 9.17) is 5.73 Å². The van der Waals surface area contributed by atoms with E-state index in [1.807, 2.05) is 20.0 Å². The predicted molar refractivity (Wildman–Crippen MR) is 76.3 cm³/mol. The van der Waals surface area contributed by atoms with Crippen molar-refractivity contribution >= 4 is 5.69 Å². The summed E-state index contributed by atoms with van der Waals surface area (Å²) in [7, 11) is 2.04. The molecule has 1 aromatic rings. The number of rotatable bonds is 3. The molecule has 0 spiro atoms. The van der Waals surface area contributed by atoms with Gasteiger partial charge in [0, 0.05) is 24.8 Å². The molecule has 0 aromatic heterocycles. The van der Waals surface area contributed by atoms with Crippen molar-refractivity contribution in [1.29, 1.82) is 0 Å². The van der Waals surface area contributed by atoms with Crippen LogP contribution in [0.25, 0.3) is 0 Å². The summed E-state index contributed by atoms with van der Waals surface area (Å²) in [6, 6.07) is 5.00. The number of hydrogen-bond donors (Lipinski definition) is 1. The molecule has 0 bridgehead atoms. The Morgan fingerprint density at radius 1 is 1.22 bits per heavy atom. The SMILES string of the molecule is CC(N(C)c1ccc(F)cc1[C@H](C)N)C(C)(C)C. The maximum Gasteiger partial charge on any atom is 0.123 e. The molecule has 2 atom stereocenters. The standard InChI is InChI=1S/C15H25FN2/c1-10(17)13-9-12(16)7-8-14(13)18(6)11(2)15(3,4)5/h7-11H,17H2,1-6H3/t10-,11?/m0/s1. The molecule has 3 heteroatoms. The fraction of sp³-hybridized carbons (Fsp3) is 0.600. The van der Waals surface area contributed by atoms with E-state index in [0.717, 1.165) is 11.3 Å². The van der Waals surface area contributed by atoms with E-state index in [-0.39, 0.29) is 17.3 Å². The Hall–Kier alpha value is -1.09. The fourth-order valence-corrected chi connectivity index (χ4v) is 2.00. The molecule has 18 heavy (non-hydrogen) atoms. The van der Waals surface area contributed by atoms with Crippen molar-refractivity contribution in [3.8, 4) is 0 Å². The van der Waals surface area contributed by atoms with Crippen molar-refractivity contribution in [3.63, 3.8) is 0 Å². The highest BCUT2D eigenvalue weighted by Crippen LogP contribution is 2.31. The minimum atomic E-state index is -0.233. The van der Waals surface area contributed by atoms with E-state index in [9.17, 15) is 4.39 Å².